The van der Waals surface area contributed by atoms with E-state index in [-0.39, 0.29) is 5.73 Å². The number of aliphatic hydroxyl groups excluding tert-OH is 1. The lowest BCUT2D eigenvalue weighted by Crippen LogP contribution is -2.41. The van der Waals surface area contributed by atoms with Crippen molar-refractivity contribution in [2.24, 2.45) is 5.92 Å². The first kappa shape index (κ1) is 9.18. The van der Waals surface area contributed by atoms with E-state index < -0.39 is 8.07 Å². The van der Waals surface area contributed by atoms with E-state index in [0.717, 1.165) is 0 Å². The average Bonchev–Trinajstić information content (AvgIpc) is 1.62. The Kier molecular flexibility index (Phi) is 2.90. The Morgan fingerprint density at radius 1 is 1.11 bits per heavy atom. The first-order valence-electron chi connectivity index (χ1n) is 3.53. The van der Waals surface area contributed by atoms with Gasteiger partial charge in [-0.05, 0) is 5.92 Å². The Bertz CT molecular complexity index is 83.4. The second-order valence-electron chi connectivity index (χ2n) is 4.05. The number of rotatable bonds is 2. The molecule has 0 aromatic heterocycles. The van der Waals surface area contributed by atoms with Gasteiger partial charge in [-0.1, -0.05) is 33.5 Å². The molecule has 0 unspecified atom stereocenters. The summed E-state index contributed by atoms with van der Waals surface area (Å²) in [6.07, 6.45) is 0. The van der Waals surface area contributed by atoms with Crippen LogP contribution in [0.5, 0.6) is 0 Å². The van der Waals surface area contributed by atoms with Gasteiger partial charge in [-0.2, -0.15) is 0 Å². The quantitative estimate of drug-likeness (QED) is 0.590. The highest BCUT2D eigenvalue weighted by Gasteiger charge is 2.26. The van der Waals surface area contributed by atoms with Gasteiger partial charge in [-0.15, -0.1) is 0 Å². The minimum atomic E-state index is -1.27. The molecule has 0 spiro atoms. The Labute approximate surface area is 59.1 Å². The molecule has 1 atom stereocenters. The topological polar surface area (TPSA) is 20.2 Å². The molecular weight excluding hydrogens is 128 g/mol. The molecule has 1 N–H and O–H groups in total. The van der Waals surface area contributed by atoms with Crippen LogP contribution in [0.15, 0.2) is 0 Å². The van der Waals surface area contributed by atoms with Gasteiger partial charge >= 0.3 is 0 Å². The molecule has 0 fully saturated rings. The molecule has 0 heterocycles. The van der Waals surface area contributed by atoms with Gasteiger partial charge in [0.2, 0.25) is 0 Å². The Hall–Kier alpha value is 0.177. The van der Waals surface area contributed by atoms with E-state index in [1.54, 1.807) is 0 Å². The SMILES string of the molecule is CC(C)[C@H](O)[Si](C)(C)C. The molecule has 1 nitrogen and oxygen atoms in total. The number of aliphatic hydroxyl groups is 1. The third kappa shape index (κ3) is 3.01. The van der Waals surface area contributed by atoms with Crippen LogP contribution in [0.2, 0.25) is 19.6 Å². The second kappa shape index (κ2) is 2.84. The zero-order valence-corrected chi connectivity index (χ0v) is 8.10. The lowest BCUT2D eigenvalue weighted by atomic mass is 10.2. The predicted octanol–water partition coefficient (Wildman–Crippen LogP) is 1.88. The van der Waals surface area contributed by atoms with Gasteiger partial charge in [0.1, 0.15) is 0 Å². The fourth-order valence-corrected chi connectivity index (χ4v) is 3.00. The Morgan fingerprint density at radius 2 is 1.44 bits per heavy atom. The summed E-state index contributed by atoms with van der Waals surface area (Å²) < 4.78 is 0. The molecule has 0 rings (SSSR count). The maximum absolute atomic E-state index is 9.52. The van der Waals surface area contributed by atoms with Gasteiger partial charge in [0.05, 0.1) is 8.07 Å². The van der Waals surface area contributed by atoms with Crippen LogP contribution in [0.1, 0.15) is 13.8 Å². The van der Waals surface area contributed by atoms with E-state index in [4.69, 9.17) is 0 Å². The molecule has 0 aromatic rings. The highest BCUT2D eigenvalue weighted by Crippen LogP contribution is 2.14. The highest BCUT2D eigenvalue weighted by atomic mass is 28.3. The summed E-state index contributed by atoms with van der Waals surface area (Å²) in [5, 5.41) is 9.52. The lowest BCUT2D eigenvalue weighted by molar-refractivity contribution is 0.193. The first-order chi connectivity index (χ1) is 3.85. The fourth-order valence-electron chi connectivity index (χ4n) is 1.00. The normalized spacial score (nSPS) is 16.3. The zero-order valence-electron chi connectivity index (χ0n) is 7.10. The second-order valence-corrected chi connectivity index (χ2v) is 9.38. The molecule has 56 valence electrons. The molecule has 0 bridgehead atoms. The summed E-state index contributed by atoms with van der Waals surface area (Å²) in [7, 11) is -1.27. The Morgan fingerprint density at radius 3 is 1.44 bits per heavy atom. The van der Waals surface area contributed by atoms with Crippen molar-refractivity contribution < 1.29 is 5.11 Å². The minimum absolute atomic E-state index is 0.0440. The lowest BCUT2D eigenvalue weighted by Gasteiger charge is -2.26. The third-order valence-electron chi connectivity index (χ3n) is 1.52. The van der Waals surface area contributed by atoms with E-state index in [9.17, 15) is 5.11 Å². The van der Waals surface area contributed by atoms with Crippen LogP contribution < -0.4 is 0 Å². The van der Waals surface area contributed by atoms with Gasteiger partial charge < -0.3 is 5.11 Å². The van der Waals surface area contributed by atoms with E-state index >= 15 is 0 Å². The first-order valence-corrected chi connectivity index (χ1v) is 7.11. The number of hydrogen-bond acceptors (Lipinski definition) is 1. The summed E-state index contributed by atoms with van der Waals surface area (Å²) in [4.78, 5) is 0. The van der Waals surface area contributed by atoms with E-state index in [2.05, 4.69) is 33.5 Å². The Balaban J connectivity index is 3.88. The van der Waals surface area contributed by atoms with Gasteiger partial charge in [-0.3, -0.25) is 0 Å². The highest BCUT2D eigenvalue weighted by molar-refractivity contribution is 6.77. The third-order valence-corrected chi connectivity index (χ3v) is 3.96. The van der Waals surface area contributed by atoms with Gasteiger partial charge in [0.25, 0.3) is 0 Å². The molecule has 9 heavy (non-hydrogen) atoms. The standard InChI is InChI=1S/C7H18OSi/c1-6(2)7(8)9(3,4)5/h6-8H,1-5H3/t7-/m1/s1. The van der Waals surface area contributed by atoms with Gasteiger partial charge in [-0.25, -0.2) is 0 Å². The molecule has 0 saturated carbocycles. The number of hydrogen-bond donors (Lipinski definition) is 1. The van der Waals surface area contributed by atoms with Crippen molar-refractivity contribution in [1.29, 1.82) is 0 Å². The van der Waals surface area contributed by atoms with Crippen molar-refractivity contribution in [2.45, 2.75) is 39.2 Å². The van der Waals surface area contributed by atoms with Crippen molar-refractivity contribution in [3.8, 4) is 0 Å². The van der Waals surface area contributed by atoms with Gasteiger partial charge in [0, 0.05) is 5.73 Å². The van der Waals surface area contributed by atoms with Gasteiger partial charge in [0.15, 0.2) is 0 Å². The smallest absolute Gasteiger partial charge is 0.0784 e. The van der Waals surface area contributed by atoms with Crippen LogP contribution in [0.25, 0.3) is 0 Å². The van der Waals surface area contributed by atoms with E-state index in [1.807, 2.05) is 0 Å². The molecule has 0 saturated heterocycles. The van der Waals surface area contributed by atoms with Crippen LogP contribution in [-0.4, -0.2) is 18.9 Å². The van der Waals surface area contributed by atoms with Crippen molar-refractivity contribution in [2.75, 3.05) is 0 Å². The minimum Gasteiger partial charge on any atom is -0.396 e. The summed E-state index contributed by atoms with van der Waals surface area (Å²) >= 11 is 0. The molecule has 0 aliphatic rings. The molecule has 0 aliphatic carbocycles. The van der Waals surface area contributed by atoms with E-state index in [1.165, 1.54) is 0 Å². The average molecular weight is 146 g/mol. The van der Waals surface area contributed by atoms with Crippen molar-refractivity contribution >= 4 is 8.07 Å². The largest absolute Gasteiger partial charge is 0.396 e. The fraction of sp³-hybridized carbons (Fsp3) is 1.00. The summed E-state index contributed by atoms with van der Waals surface area (Å²) in [5.41, 5.74) is -0.0440. The summed E-state index contributed by atoms with van der Waals surface area (Å²) in [6, 6.07) is 0. The molecule has 0 radical (unpaired) electrons. The maximum atomic E-state index is 9.52. The van der Waals surface area contributed by atoms with Crippen molar-refractivity contribution in [3.63, 3.8) is 0 Å². The van der Waals surface area contributed by atoms with Crippen LogP contribution in [0.3, 0.4) is 0 Å². The molecule has 0 aliphatic heterocycles. The van der Waals surface area contributed by atoms with Crippen LogP contribution >= 0.6 is 0 Å². The van der Waals surface area contributed by atoms with Crippen LogP contribution in [0.4, 0.5) is 0 Å². The summed E-state index contributed by atoms with van der Waals surface area (Å²) in [5.74, 6) is 0.427. The zero-order chi connectivity index (χ0) is 7.65. The van der Waals surface area contributed by atoms with Crippen molar-refractivity contribution in [1.82, 2.24) is 0 Å². The van der Waals surface area contributed by atoms with Crippen molar-refractivity contribution in [3.05, 3.63) is 0 Å². The maximum Gasteiger partial charge on any atom is 0.0784 e. The molecule has 0 amide bonds. The summed E-state index contributed by atoms with van der Waals surface area (Å²) in [6.45, 7) is 10.7. The molecule has 2 heteroatoms. The monoisotopic (exact) mass is 146 g/mol. The van der Waals surface area contributed by atoms with Crippen LogP contribution in [-0.2, 0) is 0 Å². The molecule has 0 aromatic carbocycles. The predicted molar refractivity (Wildman–Crippen MR) is 44.2 cm³/mol. The molecular formula is C7H18OSi. The van der Waals surface area contributed by atoms with Crippen LogP contribution in [0, 0.1) is 5.92 Å². The van der Waals surface area contributed by atoms with E-state index in [0.29, 0.717) is 5.92 Å².